The highest BCUT2D eigenvalue weighted by molar-refractivity contribution is 8.20. The molecule has 1 aliphatic rings. The van der Waals surface area contributed by atoms with E-state index in [1.807, 2.05) is 18.2 Å². The molecule has 21 heavy (non-hydrogen) atoms. The molecule has 1 saturated heterocycles. The van der Waals surface area contributed by atoms with E-state index in [0.717, 1.165) is 5.75 Å². The van der Waals surface area contributed by atoms with E-state index in [0.29, 0.717) is 6.61 Å². The molecule has 0 saturated carbocycles. The molecule has 0 spiro atoms. The molecule has 1 aliphatic heterocycles. The van der Waals surface area contributed by atoms with Gasteiger partial charge < -0.3 is 4.74 Å². The van der Waals surface area contributed by atoms with Gasteiger partial charge in [-0.05, 0) is 29.7 Å². The van der Waals surface area contributed by atoms with Crippen molar-refractivity contribution in [3.8, 4) is 5.75 Å². The van der Waals surface area contributed by atoms with Crippen molar-refractivity contribution in [2.75, 3.05) is 11.5 Å². The minimum Gasteiger partial charge on any atom is -0.489 e. The van der Waals surface area contributed by atoms with Gasteiger partial charge in [-0.15, -0.1) is 23.5 Å². The monoisotopic (exact) mass is 316 g/mol. The molecule has 110 valence electrons. The van der Waals surface area contributed by atoms with E-state index in [9.17, 15) is 0 Å². The van der Waals surface area contributed by atoms with Gasteiger partial charge in [0.15, 0.2) is 0 Å². The molecule has 0 bridgehead atoms. The molecule has 1 heterocycles. The molecular formula is C18H20OS2. The number of thioether (sulfide) groups is 2. The largest absolute Gasteiger partial charge is 0.489 e. The van der Waals surface area contributed by atoms with Crippen molar-refractivity contribution in [1.82, 2.24) is 0 Å². The lowest BCUT2D eigenvalue weighted by Crippen LogP contribution is -2.12. The van der Waals surface area contributed by atoms with Crippen LogP contribution in [-0.2, 0) is 10.7 Å². The molecule has 2 aromatic carbocycles. The maximum Gasteiger partial charge on any atom is 0.119 e. The Hall–Kier alpha value is -1.06. The molecule has 0 amide bonds. The fraction of sp³-hybridized carbons (Fsp3) is 0.333. The summed E-state index contributed by atoms with van der Waals surface area (Å²) in [5.41, 5.74) is 2.62. The van der Waals surface area contributed by atoms with Crippen LogP contribution >= 0.6 is 23.5 Å². The third kappa shape index (κ3) is 3.41. The van der Waals surface area contributed by atoms with Crippen LogP contribution in [0.15, 0.2) is 54.6 Å². The topological polar surface area (TPSA) is 9.23 Å². The van der Waals surface area contributed by atoms with Gasteiger partial charge in [-0.1, -0.05) is 49.4 Å². The van der Waals surface area contributed by atoms with Crippen molar-refractivity contribution in [3.63, 3.8) is 0 Å². The van der Waals surface area contributed by atoms with Crippen molar-refractivity contribution >= 4 is 23.5 Å². The minimum absolute atomic E-state index is 0.262. The average Bonchev–Trinajstić information content (AvgIpc) is 3.05. The summed E-state index contributed by atoms with van der Waals surface area (Å²) in [5, 5.41) is 0. The van der Waals surface area contributed by atoms with Crippen molar-refractivity contribution in [3.05, 3.63) is 65.7 Å². The molecule has 0 aromatic heterocycles. The lowest BCUT2D eigenvalue weighted by Gasteiger charge is -2.26. The summed E-state index contributed by atoms with van der Waals surface area (Å²) in [7, 11) is 0. The van der Waals surface area contributed by atoms with Gasteiger partial charge >= 0.3 is 0 Å². The molecule has 0 radical (unpaired) electrons. The highest BCUT2D eigenvalue weighted by Gasteiger charge is 2.35. The second-order valence-corrected chi connectivity index (χ2v) is 8.15. The van der Waals surface area contributed by atoms with Crippen molar-refractivity contribution < 1.29 is 4.74 Å². The van der Waals surface area contributed by atoms with Crippen LogP contribution in [0.1, 0.15) is 24.5 Å². The first-order chi connectivity index (χ1) is 10.3. The Morgan fingerprint density at radius 2 is 1.62 bits per heavy atom. The Morgan fingerprint density at radius 1 is 0.952 bits per heavy atom. The zero-order valence-electron chi connectivity index (χ0n) is 12.2. The normalized spacial score (nSPS) is 16.8. The second kappa shape index (κ2) is 6.80. The number of benzene rings is 2. The van der Waals surface area contributed by atoms with Gasteiger partial charge in [0.05, 0.1) is 4.08 Å². The fourth-order valence-corrected chi connectivity index (χ4v) is 5.75. The van der Waals surface area contributed by atoms with Crippen LogP contribution in [-0.4, -0.2) is 11.5 Å². The first-order valence-corrected chi connectivity index (χ1v) is 9.35. The average molecular weight is 316 g/mol. The summed E-state index contributed by atoms with van der Waals surface area (Å²) >= 11 is 4.16. The highest BCUT2D eigenvalue weighted by Crippen LogP contribution is 2.54. The maximum absolute atomic E-state index is 5.86. The Kier molecular flexibility index (Phi) is 4.81. The molecule has 0 N–H and O–H groups in total. The molecule has 1 fully saturated rings. The summed E-state index contributed by atoms with van der Waals surface area (Å²) in [6.45, 7) is 2.91. The molecule has 0 atom stereocenters. The van der Waals surface area contributed by atoms with E-state index in [-0.39, 0.29) is 4.08 Å². The van der Waals surface area contributed by atoms with E-state index in [2.05, 4.69) is 66.8 Å². The summed E-state index contributed by atoms with van der Waals surface area (Å²) in [5.74, 6) is 3.46. The lowest BCUT2D eigenvalue weighted by atomic mass is 10.1. The Labute approximate surface area is 135 Å². The SMILES string of the molecule is CCC1(c2ccc(OCc3ccccc3)cc2)SCCS1. The molecule has 0 aliphatic carbocycles. The molecule has 3 heteroatoms. The van der Waals surface area contributed by atoms with Gasteiger partial charge in [0, 0.05) is 11.5 Å². The number of hydrogen-bond donors (Lipinski definition) is 0. The van der Waals surface area contributed by atoms with E-state index in [1.165, 1.54) is 29.1 Å². The third-order valence-electron chi connectivity index (χ3n) is 3.76. The van der Waals surface area contributed by atoms with Gasteiger partial charge in [0.25, 0.3) is 0 Å². The van der Waals surface area contributed by atoms with Gasteiger partial charge in [-0.25, -0.2) is 0 Å². The van der Waals surface area contributed by atoms with Crippen molar-refractivity contribution in [2.24, 2.45) is 0 Å². The van der Waals surface area contributed by atoms with Crippen LogP contribution in [0.5, 0.6) is 5.75 Å². The number of hydrogen-bond acceptors (Lipinski definition) is 3. The van der Waals surface area contributed by atoms with Crippen molar-refractivity contribution in [2.45, 2.75) is 24.0 Å². The van der Waals surface area contributed by atoms with E-state index < -0.39 is 0 Å². The molecular weight excluding hydrogens is 296 g/mol. The molecule has 0 unspecified atom stereocenters. The van der Waals surface area contributed by atoms with Crippen LogP contribution in [0.4, 0.5) is 0 Å². The van der Waals surface area contributed by atoms with Crippen molar-refractivity contribution in [1.29, 1.82) is 0 Å². The van der Waals surface area contributed by atoms with Crippen LogP contribution in [0.2, 0.25) is 0 Å². The highest BCUT2D eigenvalue weighted by atomic mass is 32.2. The zero-order chi connectivity index (χ0) is 14.5. The maximum atomic E-state index is 5.86. The van der Waals surface area contributed by atoms with Gasteiger partial charge in [-0.2, -0.15) is 0 Å². The Balaban J connectivity index is 1.67. The van der Waals surface area contributed by atoms with Gasteiger partial charge in [0.1, 0.15) is 12.4 Å². The molecule has 3 rings (SSSR count). The summed E-state index contributed by atoms with van der Waals surface area (Å²) in [4.78, 5) is 0. The smallest absolute Gasteiger partial charge is 0.119 e. The first-order valence-electron chi connectivity index (χ1n) is 7.37. The van der Waals surface area contributed by atoms with Gasteiger partial charge in [-0.3, -0.25) is 0 Å². The van der Waals surface area contributed by atoms with Crippen LogP contribution in [0.3, 0.4) is 0 Å². The lowest BCUT2D eigenvalue weighted by molar-refractivity contribution is 0.306. The number of rotatable bonds is 5. The molecule has 2 aromatic rings. The third-order valence-corrected chi connectivity index (χ3v) is 7.53. The summed E-state index contributed by atoms with van der Waals surface area (Å²) < 4.78 is 6.12. The van der Waals surface area contributed by atoms with E-state index in [1.54, 1.807) is 0 Å². The van der Waals surface area contributed by atoms with Crippen LogP contribution in [0, 0.1) is 0 Å². The number of ether oxygens (including phenoxy) is 1. The van der Waals surface area contributed by atoms with E-state index >= 15 is 0 Å². The molecule has 1 nitrogen and oxygen atoms in total. The zero-order valence-corrected chi connectivity index (χ0v) is 13.9. The predicted octanol–water partition coefficient (Wildman–Crippen LogP) is 5.31. The summed E-state index contributed by atoms with van der Waals surface area (Å²) in [6.07, 6.45) is 1.17. The fourth-order valence-electron chi connectivity index (χ4n) is 2.58. The second-order valence-electron chi connectivity index (χ2n) is 5.10. The van der Waals surface area contributed by atoms with Crippen LogP contribution < -0.4 is 4.74 Å². The van der Waals surface area contributed by atoms with E-state index in [4.69, 9.17) is 4.74 Å². The first kappa shape index (κ1) is 14.9. The van der Waals surface area contributed by atoms with Crippen LogP contribution in [0.25, 0.3) is 0 Å². The van der Waals surface area contributed by atoms with Gasteiger partial charge in [0.2, 0.25) is 0 Å². The minimum atomic E-state index is 0.262. The Bertz CT molecular complexity index is 560. The summed E-state index contributed by atoms with van der Waals surface area (Å²) in [6, 6.07) is 19.0. The quantitative estimate of drug-likeness (QED) is 0.740. The Morgan fingerprint density at radius 3 is 2.24 bits per heavy atom. The predicted molar refractivity (Wildman–Crippen MR) is 94.1 cm³/mol. The standard InChI is InChI=1S/C18H20OS2/c1-2-18(20-12-13-21-18)16-8-10-17(11-9-16)19-14-15-6-4-3-5-7-15/h3-11H,2,12-14H2,1H3.